The number of hydrogen-bond acceptors (Lipinski definition) is 4. The number of pyridine rings is 1. The summed E-state index contributed by atoms with van der Waals surface area (Å²) in [5, 5.41) is 3.31. The number of guanidine groups is 1. The topological polar surface area (TPSA) is 44.9 Å². The number of aromatic nitrogens is 2. The minimum absolute atomic E-state index is 0. The minimum Gasteiger partial charge on any atom is -0.351 e. The summed E-state index contributed by atoms with van der Waals surface area (Å²) in [5.74, 6) is 0.952. The van der Waals surface area contributed by atoms with Gasteiger partial charge in [0.1, 0.15) is 5.65 Å². The van der Waals surface area contributed by atoms with E-state index in [2.05, 4.69) is 36.1 Å². The maximum Gasteiger partial charge on any atom is 0.194 e. The van der Waals surface area contributed by atoms with Crippen LogP contribution in [0.5, 0.6) is 0 Å². The summed E-state index contributed by atoms with van der Waals surface area (Å²) < 4.78 is 3.06. The van der Waals surface area contributed by atoms with Crippen molar-refractivity contribution in [2.45, 2.75) is 6.54 Å². The number of halogens is 2. The van der Waals surface area contributed by atoms with Gasteiger partial charge in [-0.1, -0.05) is 0 Å². The van der Waals surface area contributed by atoms with E-state index in [4.69, 9.17) is 0 Å². The molecular weight excluding hydrogens is 421 g/mol. The van der Waals surface area contributed by atoms with Gasteiger partial charge >= 0.3 is 0 Å². The molecule has 2 aromatic heterocycles. The number of likely N-dealkylation sites (N-methyl/N-ethyl adjacent to an activating group) is 1. The monoisotopic (exact) mass is 435 g/mol. The molecule has 7 heteroatoms. The van der Waals surface area contributed by atoms with Crippen LogP contribution in [0.1, 0.15) is 5.69 Å². The number of rotatable bonds is 2. The molecule has 0 radical (unpaired) electrons. The third-order valence-corrected chi connectivity index (χ3v) is 3.42. The number of aliphatic imine (C=N–C) groups is 1. The van der Waals surface area contributed by atoms with Gasteiger partial charge in [0, 0.05) is 30.5 Å². The number of nitrogens with one attached hydrogen (secondary N) is 1. The van der Waals surface area contributed by atoms with E-state index in [9.17, 15) is 0 Å². The summed E-state index contributed by atoms with van der Waals surface area (Å²) in [6.07, 6.45) is 4.04. The van der Waals surface area contributed by atoms with Crippen LogP contribution < -0.4 is 5.32 Å². The van der Waals surface area contributed by atoms with Crippen LogP contribution in [0.25, 0.3) is 5.65 Å². The van der Waals surface area contributed by atoms with Gasteiger partial charge in [-0.3, -0.25) is 4.99 Å². The molecule has 0 aromatic carbocycles. The van der Waals surface area contributed by atoms with Crippen molar-refractivity contribution in [1.29, 1.82) is 0 Å². The average molecular weight is 436 g/mol. The lowest BCUT2D eigenvalue weighted by atomic mass is 10.5. The molecule has 0 unspecified atom stereocenters. The fraction of sp³-hybridized carbons (Fsp3) is 0.333. The maximum absolute atomic E-state index is 4.55. The lowest BCUT2D eigenvalue weighted by Gasteiger charge is -2.14. The van der Waals surface area contributed by atoms with Gasteiger partial charge in [0.25, 0.3) is 0 Å². The summed E-state index contributed by atoms with van der Waals surface area (Å²) in [6, 6.07) is 3.99. The third kappa shape index (κ3) is 3.19. The Hall–Kier alpha value is -0.830. The van der Waals surface area contributed by atoms with Crippen molar-refractivity contribution in [2.24, 2.45) is 4.99 Å². The van der Waals surface area contributed by atoms with E-state index in [0.29, 0.717) is 6.54 Å². The summed E-state index contributed by atoms with van der Waals surface area (Å²) >= 11 is 3.45. The predicted octanol–water partition coefficient (Wildman–Crippen LogP) is 2.11. The lowest BCUT2D eigenvalue weighted by Crippen LogP contribution is -2.35. The zero-order valence-corrected chi connectivity index (χ0v) is 14.4. The van der Waals surface area contributed by atoms with Crippen LogP contribution in [0.4, 0.5) is 0 Å². The molecule has 19 heavy (non-hydrogen) atoms. The highest BCUT2D eigenvalue weighted by Gasteiger charge is 2.12. The number of hydrogen-bond donors (Lipinski definition) is 1. The van der Waals surface area contributed by atoms with Gasteiger partial charge < -0.3 is 14.6 Å². The molecule has 102 valence electrons. The van der Waals surface area contributed by atoms with Crippen molar-refractivity contribution in [2.75, 3.05) is 20.1 Å². The quantitative estimate of drug-likeness (QED) is 0.735. The zero-order valence-electron chi connectivity index (χ0n) is 10.5. The van der Waals surface area contributed by atoms with Crippen molar-refractivity contribution >= 4 is 51.5 Å². The van der Waals surface area contributed by atoms with Gasteiger partial charge in [-0.25, -0.2) is 4.98 Å². The van der Waals surface area contributed by atoms with Crippen molar-refractivity contribution in [3.63, 3.8) is 0 Å². The van der Waals surface area contributed by atoms with Crippen LogP contribution in [0.15, 0.2) is 34.0 Å². The normalized spacial score (nSPS) is 14.4. The second kappa shape index (κ2) is 6.08. The van der Waals surface area contributed by atoms with Gasteiger partial charge in [0.2, 0.25) is 0 Å². The fourth-order valence-corrected chi connectivity index (χ4v) is 2.35. The van der Waals surface area contributed by atoms with E-state index >= 15 is 0 Å². The van der Waals surface area contributed by atoms with Crippen molar-refractivity contribution in [1.82, 2.24) is 19.6 Å². The van der Waals surface area contributed by atoms with Gasteiger partial charge in [-0.05, 0) is 28.1 Å². The highest BCUT2D eigenvalue weighted by Crippen LogP contribution is 2.12. The molecule has 1 aliphatic heterocycles. The summed E-state index contributed by atoms with van der Waals surface area (Å²) in [4.78, 5) is 11.1. The Balaban J connectivity index is 0.00000133. The minimum atomic E-state index is 0. The van der Waals surface area contributed by atoms with Crippen molar-refractivity contribution in [3.8, 4) is 0 Å². The molecule has 0 atom stereocenters. The first-order chi connectivity index (χ1) is 8.72. The van der Waals surface area contributed by atoms with Crippen LogP contribution in [-0.4, -0.2) is 40.4 Å². The number of nitrogens with zero attached hydrogens (tertiary/aromatic N) is 4. The third-order valence-electron chi connectivity index (χ3n) is 2.95. The number of fused-ring (bicyclic) bond motifs is 1. The molecule has 2 aromatic rings. The first kappa shape index (κ1) is 14.6. The molecule has 1 N–H and O–H groups in total. The second-order valence-electron chi connectivity index (χ2n) is 4.33. The Morgan fingerprint density at radius 2 is 2.21 bits per heavy atom. The Bertz CT molecular complexity index is 609. The smallest absolute Gasteiger partial charge is 0.194 e. The molecule has 5 nitrogen and oxygen atoms in total. The Kier molecular flexibility index (Phi) is 4.67. The van der Waals surface area contributed by atoms with Gasteiger partial charge in [0.05, 0.1) is 18.8 Å². The number of imidazole rings is 1. The zero-order chi connectivity index (χ0) is 12.5. The molecule has 0 saturated carbocycles. The average Bonchev–Trinajstić information content (AvgIpc) is 2.92. The Morgan fingerprint density at radius 1 is 1.37 bits per heavy atom. The SMILES string of the molecule is CN1CCN=C1NCc1cn2cc(Br)ccc2n1.I. The van der Waals surface area contributed by atoms with E-state index < -0.39 is 0 Å². The van der Waals surface area contributed by atoms with E-state index in [0.717, 1.165) is 34.9 Å². The standard InChI is InChI=1S/C12H14BrN5.HI/c1-17-5-4-14-12(17)15-6-10-8-18-7-9(13)2-3-11(18)16-10;/h2-3,7-8H,4-6H2,1H3,(H,14,15);1H. The molecule has 3 rings (SSSR count). The lowest BCUT2D eigenvalue weighted by molar-refractivity contribution is 0.533. The van der Waals surface area contributed by atoms with E-state index in [1.807, 2.05) is 36.0 Å². The highest BCUT2D eigenvalue weighted by molar-refractivity contribution is 14.0. The van der Waals surface area contributed by atoms with Crippen LogP contribution >= 0.6 is 39.9 Å². The molecule has 3 heterocycles. The maximum atomic E-state index is 4.55. The first-order valence-electron chi connectivity index (χ1n) is 5.85. The largest absolute Gasteiger partial charge is 0.351 e. The summed E-state index contributed by atoms with van der Waals surface area (Å²) in [6.45, 7) is 2.56. The second-order valence-corrected chi connectivity index (χ2v) is 5.24. The summed E-state index contributed by atoms with van der Waals surface area (Å²) in [7, 11) is 2.04. The molecule has 0 aliphatic carbocycles. The summed E-state index contributed by atoms with van der Waals surface area (Å²) in [5.41, 5.74) is 1.97. The fourth-order valence-electron chi connectivity index (χ4n) is 2.00. The molecule has 0 spiro atoms. The van der Waals surface area contributed by atoms with Gasteiger partial charge in [0.15, 0.2) is 5.96 Å². The molecule has 0 amide bonds. The van der Waals surface area contributed by atoms with E-state index in [1.54, 1.807) is 0 Å². The van der Waals surface area contributed by atoms with E-state index in [-0.39, 0.29) is 24.0 Å². The van der Waals surface area contributed by atoms with Crippen molar-refractivity contribution in [3.05, 3.63) is 34.7 Å². The molecule has 0 fully saturated rings. The van der Waals surface area contributed by atoms with E-state index in [1.165, 1.54) is 0 Å². The highest BCUT2D eigenvalue weighted by atomic mass is 127. The van der Waals surface area contributed by atoms with Crippen molar-refractivity contribution < 1.29 is 0 Å². The predicted molar refractivity (Wildman–Crippen MR) is 90.1 cm³/mol. The van der Waals surface area contributed by atoms with Crippen LogP contribution in [0, 0.1) is 0 Å². The Morgan fingerprint density at radius 3 is 2.95 bits per heavy atom. The first-order valence-corrected chi connectivity index (χ1v) is 6.64. The van der Waals surface area contributed by atoms with Gasteiger partial charge in [-0.2, -0.15) is 0 Å². The molecular formula is C12H15BrIN5. The van der Waals surface area contributed by atoms with Crippen LogP contribution in [0.3, 0.4) is 0 Å². The van der Waals surface area contributed by atoms with Crippen LogP contribution in [-0.2, 0) is 6.54 Å². The van der Waals surface area contributed by atoms with Crippen LogP contribution in [0.2, 0.25) is 0 Å². The Labute approximate surface area is 137 Å². The molecule has 1 aliphatic rings. The van der Waals surface area contributed by atoms with Gasteiger partial charge in [-0.15, -0.1) is 24.0 Å². The molecule has 0 bridgehead atoms. The molecule has 0 saturated heterocycles.